The Kier molecular flexibility index (Phi) is 12.1. The number of unbranched alkanes of at least 4 members (excludes halogenated alkanes) is 4. The molecule has 0 spiro atoms. The highest BCUT2D eigenvalue weighted by atomic mass is 31.2. The quantitative estimate of drug-likeness (QED) is 0.254. The Bertz CT molecular complexity index is 787. The zero-order valence-electron chi connectivity index (χ0n) is 18.3. The lowest BCUT2D eigenvalue weighted by Gasteiger charge is -2.20. The maximum Gasteiger partial charge on any atom is 0.469 e. The van der Waals surface area contributed by atoms with Crippen LogP contribution in [0.2, 0.25) is 0 Å². The van der Waals surface area contributed by atoms with Crippen LogP contribution in [0.25, 0.3) is 10.8 Å². The Balaban J connectivity index is 1.79. The highest BCUT2D eigenvalue weighted by molar-refractivity contribution is 7.46. The smallest absolute Gasteiger partial charge is 0.469 e. The third-order valence-electron chi connectivity index (χ3n) is 4.84. The van der Waals surface area contributed by atoms with Gasteiger partial charge in [0.05, 0.1) is 33.0 Å². The van der Waals surface area contributed by atoms with E-state index in [1.54, 1.807) is 0 Å². The van der Waals surface area contributed by atoms with Crippen LogP contribution in [0.1, 0.15) is 45.4 Å². The first-order chi connectivity index (χ1) is 15.0. The molecule has 0 radical (unpaired) electrons. The summed E-state index contributed by atoms with van der Waals surface area (Å²) in [7, 11) is -4.44. The van der Waals surface area contributed by atoms with Crippen molar-refractivity contribution in [3.63, 3.8) is 0 Å². The van der Waals surface area contributed by atoms with Crippen LogP contribution in [0, 0.1) is 0 Å². The van der Waals surface area contributed by atoms with Gasteiger partial charge >= 0.3 is 7.82 Å². The van der Waals surface area contributed by atoms with E-state index >= 15 is 0 Å². The van der Waals surface area contributed by atoms with Gasteiger partial charge in [-0.1, -0.05) is 69.0 Å². The predicted octanol–water partition coefficient (Wildman–Crippen LogP) is 5.09. The Morgan fingerprint density at radius 2 is 1.58 bits per heavy atom. The van der Waals surface area contributed by atoms with Gasteiger partial charge in [-0.2, -0.15) is 0 Å². The van der Waals surface area contributed by atoms with E-state index < -0.39 is 7.82 Å². The summed E-state index contributed by atoms with van der Waals surface area (Å²) >= 11 is 0. The van der Waals surface area contributed by atoms with Crippen LogP contribution in [0.3, 0.4) is 0 Å². The number of hydrogen-bond acceptors (Lipinski definition) is 5. The molecule has 2 aromatic carbocycles. The fourth-order valence-corrected chi connectivity index (χ4v) is 3.59. The summed E-state index contributed by atoms with van der Waals surface area (Å²) in [5.41, 5.74) is 0. The van der Waals surface area contributed by atoms with E-state index in [9.17, 15) is 4.57 Å². The van der Waals surface area contributed by atoms with Crippen molar-refractivity contribution in [3.8, 4) is 5.75 Å². The van der Waals surface area contributed by atoms with E-state index in [2.05, 4.69) is 29.6 Å². The number of fused-ring (bicyclic) bond motifs is 1. The molecule has 0 bridgehead atoms. The number of ether oxygens (including phenoxy) is 3. The van der Waals surface area contributed by atoms with Gasteiger partial charge in [0.15, 0.2) is 0 Å². The molecule has 1 unspecified atom stereocenters. The first-order valence-electron chi connectivity index (χ1n) is 11.0. The molecule has 0 heterocycles. The number of phosphoric acid groups is 1. The summed E-state index contributed by atoms with van der Waals surface area (Å²) in [4.78, 5) is 17.2. The molecule has 2 aromatic rings. The maximum absolute atomic E-state index is 10.6. The second-order valence-corrected chi connectivity index (χ2v) is 8.67. The minimum atomic E-state index is -4.44. The SMILES string of the molecule is CCCCCCCC(COCCOCCOP(=O)(O)O)Oc1cccc2ccccc12. The molecule has 0 aliphatic heterocycles. The minimum absolute atomic E-state index is 0.0505. The van der Waals surface area contributed by atoms with Crippen molar-refractivity contribution >= 4 is 18.6 Å². The van der Waals surface area contributed by atoms with Gasteiger partial charge in [0, 0.05) is 5.39 Å². The van der Waals surface area contributed by atoms with E-state index in [0.717, 1.165) is 29.4 Å². The zero-order valence-corrected chi connectivity index (χ0v) is 19.2. The molecule has 0 fully saturated rings. The Morgan fingerprint density at radius 1 is 0.871 bits per heavy atom. The van der Waals surface area contributed by atoms with Crippen LogP contribution >= 0.6 is 7.82 Å². The summed E-state index contributed by atoms with van der Waals surface area (Å²) in [5.74, 6) is 0.867. The van der Waals surface area contributed by atoms with Crippen LogP contribution in [-0.2, 0) is 18.6 Å². The Labute approximate surface area is 184 Å². The average Bonchev–Trinajstić information content (AvgIpc) is 2.74. The number of benzene rings is 2. The lowest BCUT2D eigenvalue weighted by molar-refractivity contribution is 0.00254. The van der Waals surface area contributed by atoms with E-state index in [0.29, 0.717) is 19.8 Å². The van der Waals surface area contributed by atoms with E-state index in [-0.39, 0.29) is 19.3 Å². The number of rotatable bonds is 17. The highest BCUT2D eigenvalue weighted by Crippen LogP contribution is 2.35. The summed E-state index contributed by atoms with van der Waals surface area (Å²) in [6.07, 6.45) is 6.87. The summed E-state index contributed by atoms with van der Waals surface area (Å²) in [5, 5.41) is 2.24. The van der Waals surface area contributed by atoms with Crippen molar-refractivity contribution in [2.75, 3.05) is 33.0 Å². The molecule has 31 heavy (non-hydrogen) atoms. The molecule has 8 heteroatoms. The first kappa shape index (κ1) is 25.8. The number of phosphoric ester groups is 1. The Hall–Kier alpha value is -1.47. The van der Waals surface area contributed by atoms with Gasteiger partial charge in [0.25, 0.3) is 0 Å². The molecule has 7 nitrogen and oxygen atoms in total. The molecule has 0 aliphatic carbocycles. The molecule has 1 atom stereocenters. The summed E-state index contributed by atoms with van der Waals surface area (Å²) in [6, 6.07) is 14.3. The maximum atomic E-state index is 10.6. The van der Waals surface area contributed by atoms with Crippen LogP contribution in [0.4, 0.5) is 0 Å². The van der Waals surface area contributed by atoms with Crippen molar-refractivity contribution < 1.29 is 33.1 Å². The molecular weight excluding hydrogens is 419 g/mol. The van der Waals surface area contributed by atoms with Gasteiger partial charge in [-0.15, -0.1) is 0 Å². The first-order valence-corrected chi connectivity index (χ1v) is 12.5. The normalized spacial score (nSPS) is 12.9. The minimum Gasteiger partial charge on any atom is -0.487 e. The second-order valence-electron chi connectivity index (χ2n) is 7.43. The van der Waals surface area contributed by atoms with Gasteiger partial charge in [-0.05, 0) is 24.3 Å². The van der Waals surface area contributed by atoms with Crippen LogP contribution in [0.15, 0.2) is 42.5 Å². The molecule has 0 saturated heterocycles. The van der Waals surface area contributed by atoms with Gasteiger partial charge in [-0.25, -0.2) is 4.57 Å². The molecular formula is C23H35O7P. The molecule has 0 amide bonds. The zero-order chi connectivity index (χ0) is 22.4. The molecule has 2 rings (SSSR count). The average molecular weight is 455 g/mol. The lowest BCUT2D eigenvalue weighted by atomic mass is 10.1. The lowest BCUT2D eigenvalue weighted by Crippen LogP contribution is -2.24. The third-order valence-corrected chi connectivity index (χ3v) is 5.35. The van der Waals surface area contributed by atoms with Gasteiger partial charge in [0.1, 0.15) is 11.9 Å². The topological polar surface area (TPSA) is 94.5 Å². The standard InChI is InChI=1S/C23H35O7P/c1-2-3-4-5-6-12-21(19-28-16-15-27-17-18-29-31(24,25)26)30-23-14-9-11-20-10-7-8-13-22(20)23/h7-11,13-14,21H,2-6,12,15-19H2,1H3,(H2,24,25,26). The van der Waals surface area contributed by atoms with Crippen molar-refractivity contribution in [1.29, 1.82) is 0 Å². The number of hydrogen-bond donors (Lipinski definition) is 2. The van der Waals surface area contributed by atoms with Crippen molar-refractivity contribution in [1.82, 2.24) is 0 Å². The summed E-state index contributed by atoms with van der Waals surface area (Å²) in [6.45, 7) is 3.31. The van der Waals surface area contributed by atoms with Crippen LogP contribution < -0.4 is 4.74 Å². The summed E-state index contributed by atoms with van der Waals surface area (Å²) < 4.78 is 32.3. The molecule has 0 saturated carbocycles. The van der Waals surface area contributed by atoms with Crippen LogP contribution in [-0.4, -0.2) is 48.9 Å². The predicted molar refractivity (Wildman–Crippen MR) is 121 cm³/mol. The second kappa shape index (κ2) is 14.6. The van der Waals surface area contributed by atoms with Gasteiger partial charge < -0.3 is 24.0 Å². The van der Waals surface area contributed by atoms with Gasteiger partial charge in [-0.3, -0.25) is 4.52 Å². The molecule has 0 aliphatic rings. The fraction of sp³-hybridized carbons (Fsp3) is 0.565. The van der Waals surface area contributed by atoms with E-state index in [1.807, 2.05) is 24.3 Å². The Morgan fingerprint density at radius 3 is 2.39 bits per heavy atom. The van der Waals surface area contributed by atoms with E-state index in [1.165, 1.54) is 25.7 Å². The molecule has 2 N–H and O–H groups in total. The molecule has 0 aromatic heterocycles. The van der Waals surface area contributed by atoms with Gasteiger partial charge in [0.2, 0.25) is 0 Å². The monoisotopic (exact) mass is 454 g/mol. The van der Waals surface area contributed by atoms with Crippen molar-refractivity contribution in [3.05, 3.63) is 42.5 Å². The highest BCUT2D eigenvalue weighted by Gasteiger charge is 2.14. The van der Waals surface area contributed by atoms with Crippen LogP contribution in [0.5, 0.6) is 5.75 Å². The van der Waals surface area contributed by atoms with E-state index in [4.69, 9.17) is 24.0 Å². The molecule has 174 valence electrons. The largest absolute Gasteiger partial charge is 0.487 e. The van der Waals surface area contributed by atoms with Crippen molar-refractivity contribution in [2.24, 2.45) is 0 Å². The third kappa shape index (κ3) is 11.1. The van der Waals surface area contributed by atoms with Crippen molar-refractivity contribution in [2.45, 2.75) is 51.6 Å². The fourth-order valence-electron chi connectivity index (χ4n) is 3.28.